The number of ether oxygens (including phenoxy) is 4. The van der Waals surface area contributed by atoms with Crippen molar-refractivity contribution in [1.82, 2.24) is 9.97 Å². The minimum atomic E-state index is -0.108. The van der Waals surface area contributed by atoms with Crippen LogP contribution in [0.5, 0.6) is 34.5 Å². The maximum atomic E-state index is 10.1. The van der Waals surface area contributed by atoms with Gasteiger partial charge in [-0.1, -0.05) is 18.2 Å². The van der Waals surface area contributed by atoms with Crippen LogP contribution in [0.4, 0.5) is 23.3 Å². The van der Waals surface area contributed by atoms with Crippen molar-refractivity contribution in [3.63, 3.8) is 0 Å². The van der Waals surface area contributed by atoms with Crippen LogP contribution in [0.3, 0.4) is 0 Å². The van der Waals surface area contributed by atoms with E-state index in [1.807, 2.05) is 30.3 Å². The highest BCUT2D eigenvalue weighted by molar-refractivity contribution is 5.83. The lowest BCUT2D eigenvalue weighted by Gasteiger charge is -2.10. The van der Waals surface area contributed by atoms with Crippen molar-refractivity contribution < 1.29 is 29.2 Å². The molecule has 5 N–H and O–H groups in total. The van der Waals surface area contributed by atoms with E-state index < -0.39 is 0 Å². The summed E-state index contributed by atoms with van der Waals surface area (Å²) in [4.78, 5) is 8.89. The van der Waals surface area contributed by atoms with Gasteiger partial charge in [-0.25, -0.2) is 5.43 Å². The summed E-state index contributed by atoms with van der Waals surface area (Å²) in [5.74, 6) is 1.77. The summed E-state index contributed by atoms with van der Waals surface area (Å²) in [6.07, 6.45) is 3.02. The van der Waals surface area contributed by atoms with Crippen LogP contribution in [-0.2, 0) is 0 Å². The summed E-state index contributed by atoms with van der Waals surface area (Å²) in [6, 6.07) is 17.6. The zero-order valence-electron chi connectivity index (χ0n) is 22.7. The van der Waals surface area contributed by atoms with Crippen molar-refractivity contribution in [3.8, 4) is 34.5 Å². The van der Waals surface area contributed by atoms with Crippen molar-refractivity contribution in [2.24, 2.45) is 10.2 Å². The molecule has 1 heterocycles. The number of nitrogens with one attached hydrogen (secondary N) is 3. The van der Waals surface area contributed by atoms with Gasteiger partial charge in [-0.05, 0) is 36.4 Å². The van der Waals surface area contributed by atoms with Gasteiger partial charge < -0.3 is 34.5 Å². The van der Waals surface area contributed by atoms with Gasteiger partial charge in [-0.2, -0.15) is 20.2 Å². The van der Waals surface area contributed by atoms with E-state index in [9.17, 15) is 10.2 Å². The number of aromatic hydroxyl groups is 2. The average Bonchev–Trinajstić information content (AvgIpc) is 2.99. The number of para-hydroxylation sites is 1. The number of aromatic nitrogens is 2. The smallest absolute Gasteiger partial charge is 0.247 e. The molecule has 13 nitrogen and oxygen atoms in total. The van der Waals surface area contributed by atoms with E-state index in [-0.39, 0.29) is 40.4 Å². The van der Waals surface area contributed by atoms with Gasteiger partial charge in [0.25, 0.3) is 0 Å². The van der Waals surface area contributed by atoms with Crippen LogP contribution in [-0.4, -0.2) is 61.0 Å². The molecule has 4 rings (SSSR count). The van der Waals surface area contributed by atoms with Crippen LogP contribution in [0.2, 0.25) is 0 Å². The van der Waals surface area contributed by atoms with Gasteiger partial charge in [0.15, 0.2) is 28.8 Å². The fourth-order valence-corrected chi connectivity index (χ4v) is 3.60. The van der Waals surface area contributed by atoms with E-state index >= 15 is 0 Å². The highest BCUT2D eigenvalue weighted by Crippen LogP contribution is 2.37. The first-order chi connectivity index (χ1) is 19.9. The Morgan fingerprint density at radius 3 is 1.59 bits per heavy atom. The Balaban J connectivity index is 1.57. The lowest BCUT2D eigenvalue weighted by Crippen LogP contribution is -2.04. The van der Waals surface area contributed by atoms with E-state index in [2.05, 4.69) is 36.3 Å². The second kappa shape index (κ2) is 13.4. The molecular formula is C28H29N7O6. The Labute approximate surface area is 236 Å². The second-order valence-corrected chi connectivity index (χ2v) is 8.24. The van der Waals surface area contributed by atoms with E-state index in [0.717, 1.165) is 5.69 Å². The normalized spacial score (nSPS) is 10.9. The predicted molar refractivity (Wildman–Crippen MR) is 157 cm³/mol. The maximum absolute atomic E-state index is 10.1. The standard InChI is InChI=1S/C28H29N7O6/c1-38-20-10-17(11-21(39-2)26(20)36)15-29-34-25-14-24(31-19-8-6-5-7-9-19)32-28(33-25)35-30-16-18-12-22(40-3)27(37)23(13-18)41-4/h5-16,36-37H,1-4H3,(H3,31,32,33,34,35). The molecule has 41 heavy (non-hydrogen) atoms. The van der Waals surface area contributed by atoms with Crippen molar-refractivity contribution in [2.75, 3.05) is 44.6 Å². The molecule has 0 saturated heterocycles. The second-order valence-electron chi connectivity index (χ2n) is 8.24. The Hall–Kier alpha value is -5.72. The molecule has 4 aromatic rings. The number of anilines is 4. The molecule has 0 unspecified atom stereocenters. The third-order valence-corrected chi connectivity index (χ3v) is 5.55. The molecule has 1 aromatic heterocycles. The van der Waals surface area contributed by atoms with Gasteiger partial charge in [0, 0.05) is 22.9 Å². The van der Waals surface area contributed by atoms with Crippen molar-refractivity contribution >= 4 is 35.7 Å². The largest absolute Gasteiger partial charge is 0.502 e. The van der Waals surface area contributed by atoms with Gasteiger partial charge in [0.2, 0.25) is 17.4 Å². The van der Waals surface area contributed by atoms with Crippen molar-refractivity contribution in [3.05, 3.63) is 71.8 Å². The van der Waals surface area contributed by atoms with E-state index in [1.54, 1.807) is 30.3 Å². The summed E-state index contributed by atoms with van der Waals surface area (Å²) >= 11 is 0. The molecular weight excluding hydrogens is 530 g/mol. The molecule has 0 spiro atoms. The Bertz CT molecular complexity index is 1400. The van der Waals surface area contributed by atoms with Crippen LogP contribution in [0.15, 0.2) is 70.9 Å². The first kappa shape index (κ1) is 28.3. The maximum Gasteiger partial charge on any atom is 0.247 e. The van der Waals surface area contributed by atoms with Crippen LogP contribution < -0.4 is 35.1 Å². The van der Waals surface area contributed by atoms with E-state index in [1.165, 1.54) is 40.9 Å². The van der Waals surface area contributed by atoms with E-state index in [4.69, 9.17) is 18.9 Å². The number of rotatable bonds is 12. The summed E-state index contributed by atoms with van der Waals surface area (Å²) < 4.78 is 20.8. The van der Waals surface area contributed by atoms with Crippen LogP contribution in [0.25, 0.3) is 0 Å². The Morgan fingerprint density at radius 2 is 1.10 bits per heavy atom. The molecule has 0 aliphatic heterocycles. The number of hydrazone groups is 2. The topological polar surface area (TPSA) is 164 Å². The fraction of sp³-hybridized carbons (Fsp3) is 0.143. The third kappa shape index (κ3) is 7.23. The quantitative estimate of drug-likeness (QED) is 0.122. The number of hydrogen-bond donors (Lipinski definition) is 5. The molecule has 0 radical (unpaired) electrons. The van der Waals surface area contributed by atoms with Gasteiger partial charge in [0.1, 0.15) is 5.82 Å². The number of hydrogen-bond acceptors (Lipinski definition) is 13. The van der Waals surface area contributed by atoms with Gasteiger partial charge >= 0.3 is 0 Å². The summed E-state index contributed by atoms with van der Waals surface area (Å²) in [5.41, 5.74) is 7.72. The average molecular weight is 560 g/mol. The highest BCUT2D eigenvalue weighted by Gasteiger charge is 2.12. The van der Waals surface area contributed by atoms with Crippen LogP contribution in [0, 0.1) is 0 Å². The highest BCUT2D eigenvalue weighted by atomic mass is 16.5. The molecule has 13 heteroatoms. The molecule has 0 aliphatic rings. The monoisotopic (exact) mass is 559 g/mol. The molecule has 212 valence electrons. The third-order valence-electron chi connectivity index (χ3n) is 5.55. The number of nitrogens with zero attached hydrogens (tertiary/aromatic N) is 4. The van der Waals surface area contributed by atoms with E-state index in [0.29, 0.717) is 22.8 Å². The Kier molecular flexibility index (Phi) is 9.23. The summed E-state index contributed by atoms with van der Waals surface area (Å²) in [7, 11) is 5.78. The summed E-state index contributed by atoms with van der Waals surface area (Å²) in [6.45, 7) is 0. The fourth-order valence-electron chi connectivity index (χ4n) is 3.60. The summed E-state index contributed by atoms with van der Waals surface area (Å²) in [5, 5.41) is 31.9. The predicted octanol–water partition coefficient (Wildman–Crippen LogP) is 4.56. The number of benzene rings is 3. The van der Waals surface area contributed by atoms with Gasteiger partial charge in [0.05, 0.1) is 40.9 Å². The lowest BCUT2D eigenvalue weighted by molar-refractivity contribution is 0.340. The molecule has 3 aromatic carbocycles. The molecule has 0 amide bonds. The minimum absolute atomic E-state index is 0.104. The Morgan fingerprint density at radius 1 is 0.634 bits per heavy atom. The van der Waals surface area contributed by atoms with Gasteiger partial charge in [-0.15, -0.1) is 0 Å². The molecule has 0 saturated carbocycles. The molecule has 0 bridgehead atoms. The SMILES string of the molecule is COc1cc(C=NNc2cc(Nc3ccccc3)nc(NN=Cc3cc(OC)c(O)c(OC)c3)n2)cc(OC)c1O. The number of phenolic OH excluding ortho intramolecular Hbond substituents is 2. The van der Waals surface area contributed by atoms with Crippen molar-refractivity contribution in [1.29, 1.82) is 0 Å². The zero-order valence-corrected chi connectivity index (χ0v) is 22.7. The van der Waals surface area contributed by atoms with Gasteiger partial charge in [-0.3, -0.25) is 5.43 Å². The number of methoxy groups -OCH3 is 4. The van der Waals surface area contributed by atoms with Crippen molar-refractivity contribution in [2.45, 2.75) is 0 Å². The van der Waals surface area contributed by atoms with Crippen LogP contribution in [0.1, 0.15) is 11.1 Å². The first-order valence-corrected chi connectivity index (χ1v) is 12.1. The minimum Gasteiger partial charge on any atom is -0.502 e. The van der Waals surface area contributed by atoms with Crippen LogP contribution >= 0.6 is 0 Å². The molecule has 0 aliphatic carbocycles. The molecule has 0 fully saturated rings. The number of phenols is 2. The molecule has 0 atom stereocenters. The first-order valence-electron chi connectivity index (χ1n) is 12.1. The zero-order chi connectivity index (χ0) is 29.2. The lowest BCUT2D eigenvalue weighted by atomic mass is 10.2.